The van der Waals surface area contributed by atoms with Gasteiger partial charge in [0.05, 0.1) is 6.61 Å². The molecule has 0 fully saturated rings. The van der Waals surface area contributed by atoms with Gasteiger partial charge >= 0.3 is 12.9 Å². The van der Waals surface area contributed by atoms with Crippen LogP contribution in [-0.2, 0) is 17.7 Å². The molecule has 31 heavy (non-hydrogen) atoms. The molecule has 1 aromatic heterocycles. The second-order valence-electron chi connectivity index (χ2n) is 7.61. The average Bonchev–Trinajstić information content (AvgIpc) is 3.16. The number of fused-ring (bicyclic) bond motifs is 2. The molecule has 2 N–H and O–H groups in total. The number of halogens is 1. The van der Waals surface area contributed by atoms with Gasteiger partial charge in [-0.1, -0.05) is 42.5 Å². The van der Waals surface area contributed by atoms with Crippen LogP contribution in [0.5, 0.6) is 5.75 Å². The lowest BCUT2D eigenvalue weighted by Gasteiger charge is -2.12. The molecule has 1 aliphatic rings. The SMILES string of the molecule is O=C(O)c1nc2c(O)cccc2cc1Cc1cccc(B2OCc3cc(F)ccc32)c1. The molecule has 5 nitrogen and oxygen atoms in total. The molecular formula is C24H17BFNO4. The van der Waals surface area contributed by atoms with E-state index < -0.39 is 5.97 Å². The minimum absolute atomic E-state index is 0.0537. The molecule has 1 aliphatic heterocycles. The summed E-state index contributed by atoms with van der Waals surface area (Å²) in [6.07, 6.45) is 0.358. The molecule has 2 heterocycles. The van der Waals surface area contributed by atoms with Gasteiger partial charge in [0.25, 0.3) is 0 Å². The van der Waals surface area contributed by atoms with E-state index in [-0.39, 0.29) is 29.7 Å². The minimum Gasteiger partial charge on any atom is -0.506 e. The van der Waals surface area contributed by atoms with E-state index in [1.807, 2.05) is 24.3 Å². The van der Waals surface area contributed by atoms with E-state index in [1.165, 1.54) is 18.2 Å². The number of phenols is 1. The average molecular weight is 413 g/mol. The molecule has 0 saturated carbocycles. The number of hydrogen-bond acceptors (Lipinski definition) is 4. The zero-order valence-electron chi connectivity index (χ0n) is 16.4. The maximum absolute atomic E-state index is 13.5. The highest BCUT2D eigenvalue weighted by atomic mass is 19.1. The molecule has 0 bridgehead atoms. The molecule has 3 aromatic carbocycles. The number of aromatic nitrogens is 1. The first-order chi connectivity index (χ1) is 15.0. The molecule has 0 unspecified atom stereocenters. The highest BCUT2D eigenvalue weighted by Gasteiger charge is 2.30. The predicted molar refractivity (Wildman–Crippen MR) is 116 cm³/mol. The van der Waals surface area contributed by atoms with Crippen LogP contribution >= 0.6 is 0 Å². The van der Waals surface area contributed by atoms with E-state index in [0.717, 1.165) is 22.1 Å². The molecule has 0 aliphatic carbocycles. The highest BCUT2D eigenvalue weighted by molar-refractivity contribution is 6.81. The molecule has 4 aromatic rings. The zero-order chi connectivity index (χ0) is 21.5. The quantitative estimate of drug-likeness (QED) is 0.503. The lowest BCUT2D eigenvalue weighted by Crippen LogP contribution is -2.41. The van der Waals surface area contributed by atoms with Gasteiger partial charge < -0.3 is 14.9 Å². The molecule has 0 saturated heterocycles. The molecule has 5 rings (SSSR count). The van der Waals surface area contributed by atoms with Crippen molar-refractivity contribution in [1.82, 2.24) is 4.98 Å². The summed E-state index contributed by atoms with van der Waals surface area (Å²) in [5.74, 6) is -1.48. The summed E-state index contributed by atoms with van der Waals surface area (Å²) in [5.41, 5.74) is 4.33. The summed E-state index contributed by atoms with van der Waals surface area (Å²) in [6, 6.07) is 19.1. The van der Waals surface area contributed by atoms with E-state index in [2.05, 4.69) is 4.98 Å². The Bertz CT molecular complexity index is 1340. The molecule has 0 atom stereocenters. The summed E-state index contributed by atoms with van der Waals surface area (Å²) in [6.45, 7) is 0.0599. The summed E-state index contributed by atoms with van der Waals surface area (Å²) in [7, 11) is 0. The van der Waals surface area contributed by atoms with Crippen molar-refractivity contribution in [2.45, 2.75) is 13.0 Å². The first-order valence-electron chi connectivity index (χ1n) is 9.83. The van der Waals surface area contributed by atoms with Gasteiger partial charge in [0, 0.05) is 5.39 Å². The van der Waals surface area contributed by atoms with Gasteiger partial charge in [-0.15, -0.1) is 0 Å². The van der Waals surface area contributed by atoms with Gasteiger partial charge in [-0.2, -0.15) is 0 Å². The monoisotopic (exact) mass is 413 g/mol. The molecule has 0 radical (unpaired) electrons. The van der Waals surface area contributed by atoms with Crippen LogP contribution in [0.4, 0.5) is 4.39 Å². The Morgan fingerprint density at radius 1 is 1.10 bits per heavy atom. The maximum Gasteiger partial charge on any atom is 0.362 e. The Morgan fingerprint density at radius 3 is 2.77 bits per heavy atom. The molecule has 152 valence electrons. The third kappa shape index (κ3) is 3.53. The standard InChI is InChI=1S/C24H17BFNO4/c26-19-7-8-20-17(12-19)13-31-25(20)18-5-1-3-14(10-18)9-16-11-15-4-2-6-21(28)22(15)27-23(16)24(29)30/h1-8,10-12,28H,9,13H2,(H,29,30). The number of aromatic hydroxyl groups is 1. The fraction of sp³-hybridized carbons (Fsp3) is 0.0833. The maximum atomic E-state index is 13.5. The van der Waals surface area contributed by atoms with Gasteiger partial charge in [-0.25, -0.2) is 14.2 Å². The highest BCUT2D eigenvalue weighted by Crippen LogP contribution is 2.26. The number of benzene rings is 3. The van der Waals surface area contributed by atoms with Crippen molar-refractivity contribution in [3.8, 4) is 5.75 Å². The van der Waals surface area contributed by atoms with Gasteiger partial charge in [-0.05, 0) is 58.3 Å². The molecule has 0 amide bonds. The smallest absolute Gasteiger partial charge is 0.362 e. The van der Waals surface area contributed by atoms with Gasteiger partial charge in [0.2, 0.25) is 0 Å². The van der Waals surface area contributed by atoms with Crippen molar-refractivity contribution in [2.75, 3.05) is 0 Å². The third-order valence-electron chi connectivity index (χ3n) is 5.55. The Hall–Kier alpha value is -3.71. The number of rotatable bonds is 4. The van der Waals surface area contributed by atoms with E-state index >= 15 is 0 Å². The van der Waals surface area contributed by atoms with Crippen molar-refractivity contribution in [3.05, 3.63) is 94.9 Å². The fourth-order valence-electron chi connectivity index (χ4n) is 4.13. The molecule has 7 heteroatoms. The summed E-state index contributed by atoms with van der Waals surface area (Å²) >= 11 is 0. The van der Waals surface area contributed by atoms with Crippen LogP contribution < -0.4 is 10.9 Å². The normalized spacial score (nSPS) is 12.9. The van der Waals surface area contributed by atoms with Gasteiger partial charge in [-0.3, -0.25) is 0 Å². The predicted octanol–water partition coefficient (Wildman–Crippen LogP) is 3.00. The zero-order valence-corrected chi connectivity index (χ0v) is 16.4. The number of carboxylic acid groups (broad SMARTS) is 1. The second-order valence-corrected chi connectivity index (χ2v) is 7.61. The first-order valence-corrected chi connectivity index (χ1v) is 9.83. The topological polar surface area (TPSA) is 79.7 Å². The van der Waals surface area contributed by atoms with Crippen LogP contribution in [0.3, 0.4) is 0 Å². The second kappa shape index (κ2) is 7.52. The van der Waals surface area contributed by atoms with Crippen LogP contribution in [0.1, 0.15) is 27.2 Å². The minimum atomic E-state index is -1.15. The molecular weight excluding hydrogens is 396 g/mol. The lowest BCUT2D eigenvalue weighted by atomic mass is 9.55. The summed E-state index contributed by atoms with van der Waals surface area (Å²) in [4.78, 5) is 16.0. The number of hydrogen-bond donors (Lipinski definition) is 2. The van der Waals surface area contributed by atoms with Crippen LogP contribution in [0.25, 0.3) is 10.9 Å². The summed E-state index contributed by atoms with van der Waals surface area (Å²) < 4.78 is 19.4. The van der Waals surface area contributed by atoms with Crippen molar-refractivity contribution in [3.63, 3.8) is 0 Å². The number of pyridine rings is 1. The Labute approximate surface area is 177 Å². The molecule has 0 spiro atoms. The van der Waals surface area contributed by atoms with Crippen LogP contribution in [0, 0.1) is 5.82 Å². The van der Waals surface area contributed by atoms with Crippen LogP contribution in [-0.4, -0.2) is 28.1 Å². The third-order valence-corrected chi connectivity index (χ3v) is 5.55. The number of para-hydroxylation sites is 1. The number of phenolic OH excluding ortho intramolecular Hbond substituents is 1. The number of carbonyl (C=O) groups is 1. The van der Waals surface area contributed by atoms with Crippen LogP contribution in [0.2, 0.25) is 0 Å². The van der Waals surface area contributed by atoms with Crippen molar-refractivity contribution >= 4 is 34.7 Å². The largest absolute Gasteiger partial charge is 0.506 e. The fourth-order valence-corrected chi connectivity index (χ4v) is 4.13. The van der Waals surface area contributed by atoms with Crippen LogP contribution in [0.15, 0.2) is 66.7 Å². The van der Waals surface area contributed by atoms with E-state index in [9.17, 15) is 19.4 Å². The summed E-state index contributed by atoms with van der Waals surface area (Å²) in [5, 5.41) is 20.4. The van der Waals surface area contributed by atoms with Crippen molar-refractivity contribution < 1.29 is 24.1 Å². The van der Waals surface area contributed by atoms with E-state index in [0.29, 0.717) is 24.0 Å². The number of aromatic carboxylic acids is 1. The van der Waals surface area contributed by atoms with E-state index in [4.69, 9.17) is 4.65 Å². The number of carboxylic acids is 1. The number of nitrogens with zero attached hydrogens (tertiary/aromatic N) is 1. The van der Waals surface area contributed by atoms with E-state index in [1.54, 1.807) is 24.3 Å². The van der Waals surface area contributed by atoms with Gasteiger partial charge in [0.1, 0.15) is 17.1 Å². The van der Waals surface area contributed by atoms with Gasteiger partial charge in [0.15, 0.2) is 5.69 Å². The Morgan fingerprint density at radius 2 is 1.94 bits per heavy atom. The first kappa shape index (κ1) is 19.3. The Balaban J connectivity index is 1.52. The lowest BCUT2D eigenvalue weighted by molar-refractivity contribution is 0.0690. The Kier molecular flexibility index (Phi) is 4.68. The van der Waals surface area contributed by atoms with Crippen molar-refractivity contribution in [1.29, 1.82) is 0 Å². The van der Waals surface area contributed by atoms with Crippen molar-refractivity contribution in [2.24, 2.45) is 0 Å².